The molecular weight excluding hydrogens is 372 g/mol. The van der Waals surface area contributed by atoms with Gasteiger partial charge in [0, 0.05) is 36.2 Å². The standard InChI is InChI=1S/C25H30N4O/c1-19-21(15-20-9-11-24(12-10-20)29-14-6-13-26-29)16-22(18-30)25(27-19)17-28(2)23-7-4-3-5-8-23/h6,9-14,16,18,23H,3-5,7-8,15,17H2,1-2H3. The second kappa shape index (κ2) is 9.35. The highest BCUT2D eigenvalue weighted by molar-refractivity contribution is 5.77. The molecule has 1 aliphatic rings. The summed E-state index contributed by atoms with van der Waals surface area (Å²) in [5.74, 6) is 0. The summed E-state index contributed by atoms with van der Waals surface area (Å²) in [7, 11) is 2.16. The van der Waals surface area contributed by atoms with Gasteiger partial charge in [-0.15, -0.1) is 0 Å². The van der Waals surface area contributed by atoms with Crippen molar-refractivity contribution < 1.29 is 4.79 Å². The Morgan fingerprint density at radius 1 is 1.17 bits per heavy atom. The van der Waals surface area contributed by atoms with Crippen LogP contribution >= 0.6 is 0 Å². The molecule has 0 aliphatic heterocycles. The van der Waals surface area contributed by atoms with E-state index in [0.717, 1.165) is 41.9 Å². The Kier molecular flexibility index (Phi) is 6.38. The van der Waals surface area contributed by atoms with Crippen LogP contribution in [0.15, 0.2) is 48.8 Å². The molecule has 2 heterocycles. The van der Waals surface area contributed by atoms with Gasteiger partial charge in [-0.05, 0) is 68.6 Å². The number of aromatic nitrogens is 3. The van der Waals surface area contributed by atoms with Crippen molar-refractivity contribution in [2.75, 3.05) is 7.05 Å². The summed E-state index contributed by atoms with van der Waals surface area (Å²) in [6.07, 6.45) is 11.9. The fraction of sp³-hybridized carbons (Fsp3) is 0.400. The number of rotatable bonds is 7. The average molecular weight is 403 g/mol. The van der Waals surface area contributed by atoms with Crippen molar-refractivity contribution in [1.29, 1.82) is 0 Å². The molecule has 1 fully saturated rings. The largest absolute Gasteiger partial charge is 0.298 e. The van der Waals surface area contributed by atoms with Crippen LogP contribution in [0.5, 0.6) is 0 Å². The molecule has 1 aromatic carbocycles. The molecular formula is C25H30N4O. The first-order chi connectivity index (χ1) is 14.6. The van der Waals surface area contributed by atoms with Gasteiger partial charge in [-0.2, -0.15) is 5.10 Å². The zero-order valence-electron chi connectivity index (χ0n) is 17.9. The van der Waals surface area contributed by atoms with Gasteiger partial charge >= 0.3 is 0 Å². The van der Waals surface area contributed by atoms with Crippen molar-refractivity contribution in [3.05, 3.63) is 76.9 Å². The third-order valence-electron chi connectivity index (χ3n) is 6.25. The van der Waals surface area contributed by atoms with E-state index in [-0.39, 0.29) is 0 Å². The Bertz CT molecular complexity index is 973. The van der Waals surface area contributed by atoms with Gasteiger partial charge in [0.2, 0.25) is 0 Å². The highest BCUT2D eigenvalue weighted by Gasteiger charge is 2.20. The summed E-state index contributed by atoms with van der Waals surface area (Å²) >= 11 is 0. The van der Waals surface area contributed by atoms with Gasteiger partial charge in [0.05, 0.1) is 11.4 Å². The number of hydrogen-bond acceptors (Lipinski definition) is 4. The number of aldehydes is 1. The van der Waals surface area contributed by atoms with Crippen LogP contribution in [0.25, 0.3) is 5.69 Å². The van der Waals surface area contributed by atoms with E-state index in [1.54, 1.807) is 6.20 Å². The van der Waals surface area contributed by atoms with E-state index in [9.17, 15) is 4.79 Å². The molecule has 156 valence electrons. The maximum Gasteiger partial charge on any atom is 0.151 e. The normalized spacial score (nSPS) is 14.9. The molecule has 30 heavy (non-hydrogen) atoms. The quantitative estimate of drug-likeness (QED) is 0.536. The number of nitrogens with zero attached hydrogens (tertiary/aromatic N) is 4. The zero-order valence-corrected chi connectivity index (χ0v) is 17.9. The predicted molar refractivity (Wildman–Crippen MR) is 119 cm³/mol. The second-order valence-electron chi connectivity index (χ2n) is 8.39. The number of hydrogen-bond donors (Lipinski definition) is 0. The summed E-state index contributed by atoms with van der Waals surface area (Å²) in [4.78, 5) is 19.0. The minimum Gasteiger partial charge on any atom is -0.298 e. The van der Waals surface area contributed by atoms with Gasteiger partial charge in [-0.1, -0.05) is 31.4 Å². The van der Waals surface area contributed by atoms with Crippen molar-refractivity contribution in [2.45, 2.75) is 58.0 Å². The number of carbonyl (C=O) groups excluding carboxylic acids is 1. The smallest absolute Gasteiger partial charge is 0.151 e. The van der Waals surface area contributed by atoms with Gasteiger partial charge in [-0.3, -0.25) is 14.7 Å². The van der Waals surface area contributed by atoms with Crippen LogP contribution in [0.4, 0.5) is 0 Å². The van der Waals surface area contributed by atoms with Gasteiger partial charge in [0.1, 0.15) is 0 Å². The van der Waals surface area contributed by atoms with Gasteiger partial charge in [-0.25, -0.2) is 4.68 Å². The van der Waals surface area contributed by atoms with E-state index >= 15 is 0 Å². The molecule has 4 rings (SSSR count). The fourth-order valence-corrected chi connectivity index (χ4v) is 4.42. The maximum absolute atomic E-state index is 11.8. The van der Waals surface area contributed by atoms with E-state index in [1.807, 2.05) is 29.9 Å². The van der Waals surface area contributed by atoms with E-state index in [0.29, 0.717) is 11.6 Å². The van der Waals surface area contributed by atoms with Crippen molar-refractivity contribution in [3.8, 4) is 5.69 Å². The summed E-state index contributed by atoms with van der Waals surface area (Å²) in [5, 5.41) is 4.27. The molecule has 0 spiro atoms. The Morgan fingerprint density at radius 2 is 1.93 bits per heavy atom. The van der Waals surface area contributed by atoms with Gasteiger partial charge in [0.15, 0.2) is 6.29 Å². The molecule has 1 saturated carbocycles. The zero-order chi connectivity index (χ0) is 20.9. The average Bonchev–Trinajstić information content (AvgIpc) is 3.31. The molecule has 0 N–H and O–H groups in total. The summed E-state index contributed by atoms with van der Waals surface area (Å²) in [6, 6.07) is 12.9. The number of aryl methyl sites for hydroxylation is 1. The molecule has 0 unspecified atom stereocenters. The highest BCUT2D eigenvalue weighted by atomic mass is 16.1. The second-order valence-corrected chi connectivity index (χ2v) is 8.39. The summed E-state index contributed by atoms with van der Waals surface area (Å²) in [6.45, 7) is 2.78. The minimum absolute atomic E-state index is 0.605. The minimum atomic E-state index is 0.605. The lowest BCUT2D eigenvalue weighted by atomic mass is 9.94. The van der Waals surface area contributed by atoms with Crippen molar-refractivity contribution in [2.24, 2.45) is 0 Å². The van der Waals surface area contributed by atoms with Crippen LogP contribution in [-0.4, -0.2) is 39.0 Å². The van der Waals surface area contributed by atoms with Crippen LogP contribution < -0.4 is 0 Å². The molecule has 1 aliphatic carbocycles. The Hall–Kier alpha value is -2.79. The number of pyridine rings is 1. The molecule has 0 atom stereocenters. The van der Waals surface area contributed by atoms with Crippen LogP contribution in [0.2, 0.25) is 0 Å². The maximum atomic E-state index is 11.8. The third kappa shape index (κ3) is 4.68. The Morgan fingerprint density at radius 3 is 2.60 bits per heavy atom. The van der Waals surface area contributed by atoms with E-state index in [1.165, 1.54) is 37.7 Å². The number of benzene rings is 1. The highest BCUT2D eigenvalue weighted by Crippen LogP contribution is 2.24. The fourth-order valence-electron chi connectivity index (χ4n) is 4.42. The predicted octanol–water partition coefficient (Wildman–Crippen LogP) is 4.74. The molecule has 2 aromatic heterocycles. The lowest BCUT2D eigenvalue weighted by Gasteiger charge is -2.31. The summed E-state index contributed by atoms with van der Waals surface area (Å²) in [5.41, 5.74) is 5.95. The van der Waals surface area contributed by atoms with Crippen LogP contribution in [0.1, 0.15) is 65.0 Å². The molecule has 0 radical (unpaired) electrons. The topological polar surface area (TPSA) is 51.0 Å². The van der Waals surface area contributed by atoms with Crippen molar-refractivity contribution >= 4 is 6.29 Å². The Labute approximate surface area is 178 Å². The lowest BCUT2D eigenvalue weighted by Crippen LogP contribution is -2.33. The van der Waals surface area contributed by atoms with Gasteiger partial charge in [0.25, 0.3) is 0 Å². The SMILES string of the molecule is Cc1nc(CN(C)C2CCCCC2)c(C=O)cc1Cc1ccc(-n2cccn2)cc1. The van der Waals surface area contributed by atoms with E-state index in [2.05, 4.69) is 41.3 Å². The molecule has 0 saturated heterocycles. The Balaban J connectivity index is 1.49. The first kappa shape index (κ1) is 20.5. The van der Waals surface area contributed by atoms with Gasteiger partial charge < -0.3 is 0 Å². The lowest BCUT2D eigenvalue weighted by molar-refractivity contribution is 0.111. The third-order valence-corrected chi connectivity index (χ3v) is 6.25. The molecule has 5 heteroatoms. The molecule has 3 aromatic rings. The van der Waals surface area contributed by atoms with Crippen LogP contribution in [-0.2, 0) is 13.0 Å². The summed E-state index contributed by atoms with van der Waals surface area (Å²) < 4.78 is 1.85. The molecule has 5 nitrogen and oxygen atoms in total. The van der Waals surface area contributed by atoms with Crippen LogP contribution in [0, 0.1) is 6.92 Å². The van der Waals surface area contributed by atoms with E-state index in [4.69, 9.17) is 4.98 Å². The van der Waals surface area contributed by atoms with Crippen molar-refractivity contribution in [1.82, 2.24) is 19.7 Å². The molecule has 0 amide bonds. The van der Waals surface area contributed by atoms with Crippen molar-refractivity contribution in [3.63, 3.8) is 0 Å². The molecule has 0 bridgehead atoms. The van der Waals surface area contributed by atoms with E-state index < -0.39 is 0 Å². The van der Waals surface area contributed by atoms with Crippen LogP contribution in [0.3, 0.4) is 0 Å². The monoisotopic (exact) mass is 402 g/mol. The first-order valence-corrected chi connectivity index (χ1v) is 10.9. The number of carbonyl (C=O) groups is 1. The first-order valence-electron chi connectivity index (χ1n) is 10.9.